The van der Waals surface area contributed by atoms with E-state index in [1.165, 1.54) is 115 Å². The molecule has 0 aliphatic heterocycles. The molecule has 0 amide bonds. The smallest absolute Gasteiger partial charge is 0.339 e. The average Bonchev–Trinajstić information content (AvgIpc) is 2.88. The summed E-state index contributed by atoms with van der Waals surface area (Å²) < 4.78 is 5.88. The molecule has 1 unspecified atom stereocenters. The first-order chi connectivity index (χ1) is 17.6. The molecule has 0 bridgehead atoms. The molecular weight excluding hydrogens is 448 g/mol. The fraction of sp³-hybridized carbons (Fsp3) is 0.750. The summed E-state index contributed by atoms with van der Waals surface area (Å²) in [6.45, 7) is 4.50. The van der Waals surface area contributed by atoms with E-state index < -0.39 is 11.9 Å². The molecule has 206 valence electrons. The monoisotopic (exact) mass is 502 g/mol. The molecule has 0 aromatic heterocycles. The van der Waals surface area contributed by atoms with Crippen molar-refractivity contribution < 1.29 is 19.4 Å². The van der Waals surface area contributed by atoms with E-state index in [-0.39, 0.29) is 17.2 Å². The van der Waals surface area contributed by atoms with Gasteiger partial charge in [-0.15, -0.1) is 0 Å². The van der Waals surface area contributed by atoms with Gasteiger partial charge in [0.25, 0.3) is 0 Å². The van der Waals surface area contributed by atoms with Crippen molar-refractivity contribution in [3.63, 3.8) is 0 Å². The van der Waals surface area contributed by atoms with Crippen molar-refractivity contribution in [2.24, 2.45) is 0 Å². The molecule has 36 heavy (non-hydrogen) atoms. The Morgan fingerprint density at radius 2 is 0.972 bits per heavy atom. The van der Waals surface area contributed by atoms with Gasteiger partial charge >= 0.3 is 11.9 Å². The first-order valence-corrected chi connectivity index (χ1v) is 15.1. The van der Waals surface area contributed by atoms with Gasteiger partial charge in [-0.05, 0) is 37.8 Å². The van der Waals surface area contributed by atoms with Crippen LogP contribution in [-0.4, -0.2) is 23.1 Å². The quantitative estimate of drug-likeness (QED) is 0.113. The molecule has 0 spiro atoms. The van der Waals surface area contributed by atoms with Gasteiger partial charge in [-0.1, -0.05) is 135 Å². The van der Waals surface area contributed by atoms with E-state index in [2.05, 4.69) is 13.8 Å². The number of esters is 1. The van der Waals surface area contributed by atoms with Gasteiger partial charge in [0.05, 0.1) is 11.1 Å². The fourth-order valence-electron chi connectivity index (χ4n) is 4.87. The summed E-state index contributed by atoms with van der Waals surface area (Å²) in [7, 11) is 0. The molecule has 1 rings (SSSR count). The van der Waals surface area contributed by atoms with Crippen molar-refractivity contribution >= 4 is 11.9 Å². The number of ether oxygens (including phenoxy) is 1. The maximum atomic E-state index is 12.8. The molecule has 4 heteroatoms. The molecule has 0 saturated heterocycles. The number of carboxylic acids is 1. The number of carbonyl (C=O) groups excluding carboxylic acids is 1. The highest BCUT2D eigenvalue weighted by molar-refractivity contribution is 6.02. The summed E-state index contributed by atoms with van der Waals surface area (Å²) in [6, 6.07) is 6.36. The highest BCUT2D eigenvalue weighted by Crippen LogP contribution is 2.20. The van der Waals surface area contributed by atoms with Crippen LogP contribution in [0.1, 0.15) is 169 Å². The van der Waals surface area contributed by atoms with Crippen molar-refractivity contribution in [1.82, 2.24) is 0 Å². The molecule has 1 N–H and O–H groups in total. The van der Waals surface area contributed by atoms with E-state index in [4.69, 9.17) is 4.74 Å². The standard InChI is InChI=1S/C32H54O4/c1-3-5-7-9-11-13-14-15-17-19-21-25-28(24-20-18-16-12-10-8-6-4-2)36-32(35)30-27-23-22-26-29(30)31(33)34/h22-23,26-28H,3-21,24-25H2,1-2H3,(H,33,34). The molecule has 0 heterocycles. The number of carboxylic acid groups (broad SMARTS) is 1. The lowest BCUT2D eigenvalue weighted by molar-refractivity contribution is 0.0244. The molecule has 0 saturated carbocycles. The van der Waals surface area contributed by atoms with Crippen molar-refractivity contribution in [3.8, 4) is 0 Å². The third-order valence-electron chi connectivity index (χ3n) is 7.16. The van der Waals surface area contributed by atoms with E-state index in [1.54, 1.807) is 18.2 Å². The fourth-order valence-corrected chi connectivity index (χ4v) is 4.87. The van der Waals surface area contributed by atoms with Crippen LogP contribution >= 0.6 is 0 Å². The third-order valence-corrected chi connectivity index (χ3v) is 7.16. The zero-order valence-corrected chi connectivity index (χ0v) is 23.4. The minimum Gasteiger partial charge on any atom is -0.478 e. The number of aromatic carboxylic acids is 1. The van der Waals surface area contributed by atoms with Crippen molar-refractivity contribution in [3.05, 3.63) is 35.4 Å². The summed E-state index contributed by atoms with van der Waals surface area (Å²) >= 11 is 0. The lowest BCUT2D eigenvalue weighted by Gasteiger charge is -2.19. The van der Waals surface area contributed by atoms with Crippen LogP contribution in [0.4, 0.5) is 0 Å². The van der Waals surface area contributed by atoms with Gasteiger partial charge in [0, 0.05) is 0 Å². The van der Waals surface area contributed by atoms with Gasteiger partial charge in [-0.2, -0.15) is 0 Å². The number of unbranched alkanes of at least 4 members (excludes halogenated alkanes) is 17. The SMILES string of the molecule is CCCCCCCCCCCCCC(CCCCCCCCCC)OC(=O)c1ccccc1C(=O)O. The van der Waals surface area contributed by atoms with Crippen LogP contribution in [0.3, 0.4) is 0 Å². The van der Waals surface area contributed by atoms with Crippen molar-refractivity contribution in [2.75, 3.05) is 0 Å². The second kappa shape index (κ2) is 22.4. The maximum absolute atomic E-state index is 12.8. The molecule has 0 radical (unpaired) electrons. The minimum atomic E-state index is -1.09. The zero-order chi connectivity index (χ0) is 26.3. The van der Waals surface area contributed by atoms with Crippen LogP contribution in [-0.2, 0) is 4.74 Å². The first-order valence-electron chi connectivity index (χ1n) is 15.1. The van der Waals surface area contributed by atoms with E-state index >= 15 is 0 Å². The molecule has 0 aliphatic carbocycles. The summed E-state index contributed by atoms with van der Waals surface area (Å²) in [5.41, 5.74) is 0.174. The van der Waals surface area contributed by atoms with E-state index in [9.17, 15) is 14.7 Å². The number of hydrogen-bond acceptors (Lipinski definition) is 3. The first kappa shape index (κ1) is 32.2. The molecule has 1 aromatic carbocycles. The highest BCUT2D eigenvalue weighted by Gasteiger charge is 2.20. The second-order valence-electron chi connectivity index (χ2n) is 10.5. The number of rotatable bonds is 24. The van der Waals surface area contributed by atoms with E-state index in [0.29, 0.717) is 0 Å². The van der Waals surface area contributed by atoms with Crippen LogP contribution in [0, 0.1) is 0 Å². The maximum Gasteiger partial charge on any atom is 0.339 e. The van der Waals surface area contributed by atoms with E-state index in [0.717, 1.165) is 25.7 Å². The van der Waals surface area contributed by atoms with Crippen LogP contribution in [0.2, 0.25) is 0 Å². The second-order valence-corrected chi connectivity index (χ2v) is 10.5. The molecule has 1 atom stereocenters. The van der Waals surface area contributed by atoms with E-state index in [1.807, 2.05) is 0 Å². The summed E-state index contributed by atoms with van der Waals surface area (Å²) in [4.78, 5) is 24.4. The molecule has 0 aliphatic rings. The largest absolute Gasteiger partial charge is 0.478 e. The number of carbonyl (C=O) groups is 2. The zero-order valence-electron chi connectivity index (χ0n) is 23.4. The van der Waals surface area contributed by atoms with Gasteiger partial charge < -0.3 is 9.84 Å². The predicted molar refractivity (Wildman–Crippen MR) is 151 cm³/mol. The Balaban J connectivity index is 2.40. The summed E-state index contributed by atoms with van der Waals surface area (Å²) in [6.07, 6.45) is 25.9. The van der Waals surface area contributed by atoms with Gasteiger partial charge in [0.1, 0.15) is 6.10 Å². The van der Waals surface area contributed by atoms with Crippen LogP contribution in [0.5, 0.6) is 0 Å². The molecular formula is C32H54O4. The van der Waals surface area contributed by atoms with Gasteiger partial charge in [-0.3, -0.25) is 0 Å². The number of hydrogen-bond donors (Lipinski definition) is 1. The molecule has 1 aromatic rings. The molecule has 0 fully saturated rings. The van der Waals surface area contributed by atoms with Crippen LogP contribution in [0.15, 0.2) is 24.3 Å². The Bertz CT molecular complexity index is 684. The Hall–Kier alpha value is -1.84. The average molecular weight is 503 g/mol. The van der Waals surface area contributed by atoms with Crippen LogP contribution in [0.25, 0.3) is 0 Å². The lowest BCUT2D eigenvalue weighted by Crippen LogP contribution is -2.20. The Morgan fingerprint density at radius 3 is 1.36 bits per heavy atom. The number of benzene rings is 1. The minimum absolute atomic E-state index is 0.0167. The Labute approximate surface area is 221 Å². The highest BCUT2D eigenvalue weighted by atomic mass is 16.5. The van der Waals surface area contributed by atoms with Gasteiger partial charge in [-0.25, -0.2) is 9.59 Å². The Morgan fingerprint density at radius 1 is 0.611 bits per heavy atom. The summed E-state index contributed by atoms with van der Waals surface area (Å²) in [5, 5.41) is 9.43. The lowest BCUT2D eigenvalue weighted by atomic mass is 10.0. The predicted octanol–water partition coefficient (Wildman–Crippen LogP) is 10.1. The Kier molecular flexibility index (Phi) is 20.0. The summed E-state index contributed by atoms with van der Waals surface area (Å²) in [5.74, 6) is -1.59. The van der Waals surface area contributed by atoms with Crippen LogP contribution < -0.4 is 0 Å². The molecule has 4 nitrogen and oxygen atoms in total. The normalized spacial score (nSPS) is 11.9. The topological polar surface area (TPSA) is 63.6 Å². The van der Waals surface area contributed by atoms with Crippen molar-refractivity contribution in [2.45, 2.75) is 155 Å². The van der Waals surface area contributed by atoms with Gasteiger partial charge in [0.2, 0.25) is 0 Å². The van der Waals surface area contributed by atoms with Crippen molar-refractivity contribution in [1.29, 1.82) is 0 Å². The van der Waals surface area contributed by atoms with Gasteiger partial charge in [0.15, 0.2) is 0 Å². The third kappa shape index (κ3) is 16.0.